The van der Waals surface area contributed by atoms with Crippen molar-refractivity contribution < 1.29 is 13.2 Å². The van der Waals surface area contributed by atoms with Crippen LogP contribution < -0.4 is 5.32 Å². The number of hydrogen-bond donors (Lipinski definition) is 1. The molecule has 2 saturated carbocycles. The zero-order valence-corrected chi connectivity index (χ0v) is 16.0. The van der Waals surface area contributed by atoms with Crippen molar-refractivity contribution in [2.24, 2.45) is 17.8 Å². The van der Waals surface area contributed by atoms with Crippen LogP contribution in [0.4, 0.5) is 5.69 Å². The van der Waals surface area contributed by atoms with E-state index in [0.717, 1.165) is 31.6 Å². The van der Waals surface area contributed by atoms with Crippen LogP contribution in [-0.2, 0) is 14.8 Å². The maximum absolute atomic E-state index is 13.0. The number of nitrogens with one attached hydrogen (secondary N) is 1. The highest BCUT2D eigenvalue weighted by Gasteiger charge is 2.40. The van der Waals surface area contributed by atoms with Crippen LogP contribution in [0.3, 0.4) is 0 Å². The summed E-state index contributed by atoms with van der Waals surface area (Å²) in [5, 5.41) is 2.90. The summed E-state index contributed by atoms with van der Waals surface area (Å²) in [7, 11) is -3.56. The first-order chi connectivity index (χ1) is 12.5. The van der Waals surface area contributed by atoms with Gasteiger partial charge in [-0.2, -0.15) is 4.31 Å². The second kappa shape index (κ2) is 7.31. The van der Waals surface area contributed by atoms with Crippen molar-refractivity contribution in [3.8, 4) is 0 Å². The van der Waals surface area contributed by atoms with Crippen LogP contribution in [0.15, 0.2) is 29.2 Å². The molecule has 1 N–H and O–H groups in total. The number of anilines is 1. The number of benzene rings is 1. The fourth-order valence-corrected chi connectivity index (χ4v) is 6.77. The summed E-state index contributed by atoms with van der Waals surface area (Å²) in [4.78, 5) is 12.8. The van der Waals surface area contributed by atoms with Gasteiger partial charge >= 0.3 is 0 Å². The molecule has 3 atom stereocenters. The summed E-state index contributed by atoms with van der Waals surface area (Å²) >= 11 is 0. The van der Waals surface area contributed by atoms with Gasteiger partial charge in [0.05, 0.1) is 5.69 Å². The SMILES string of the molecule is O=C(CC1CC2CCC1C2)Nc1ccccc1S(=O)(=O)N1CCCCC1. The number of nitrogens with zero attached hydrogens (tertiary/aromatic N) is 1. The lowest BCUT2D eigenvalue weighted by Crippen LogP contribution is -2.36. The summed E-state index contributed by atoms with van der Waals surface area (Å²) in [6.07, 6.45) is 8.40. The molecule has 3 aliphatic rings. The number of para-hydroxylation sites is 1. The van der Waals surface area contributed by atoms with E-state index in [9.17, 15) is 13.2 Å². The Morgan fingerprint density at radius 1 is 1.08 bits per heavy atom. The first-order valence-electron chi connectivity index (χ1n) is 9.93. The van der Waals surface area contributed by atoms with Crippen molar-refractivity contribution in [2.75, 3.05) is 18.4 Å². The summed E-state index contributed by atoms with van der Waals surface area (Å²) in [5.74, 6) is 1.92. The van der Waals surface area contributed by atoms with Gasteiger partial charge in [-0.05, 0) is 62.0 Å². The molecular weight excluding hydrogens is 348 g/mol. The highest BCUT2D eigenvalue weighted by atomic mass is 32.2. The van der Waals surface area contributed by atoms with Crippen molar-refractivity contribution in [2.45, 2.75) is 56.3 Å². The van der Waals surface area contributed by atoms with Gasteiger partial charge in [-0.1, -0.05) is 25.0 Å². The minimum atomic E-state index is -3.56. The first-order valence-corrected chi connectivity index (χ1v) is 11.4. The smallest absolute Gasteiger partial charge is 0.245 e. The molecule has 3 unspecified atom stereocenters. The van der Waals surface area contributed by atoms with Gasteiger partial charge in [0.15, 0.2) is 0 Å². The molecule has 0 spiro atoms. The Balaban J connectivity index is 1.47. The van der Waals surface area contributed by atoms with Crippen LogP contribution in [0, 0.1) is 17.8 Å². The molecule has 5 nitrogen and oxygen atoms in total. The third-order valence-corrected chi connectivity index (χ3v) is 8.38. The van der Waals surface area contributed by atoms with Crippen LogP contribution in [-0.4, -0.2) is 31.7 Å². The molecule has 1 saturated heterocycles. The third kappa shape index (κ3) is 3.54. The summed E-state index contributed by atoms with van der Waals surface area (Å²) < 4.78 is 27.6. The second-order valence-electron chi connectivity index (χ2n) is 8.15. The fourth-order valence-electron chi connectivity index (χ4n) is 5.11. The minimum Gasteiger partial charge on any atom is -0.325 e. The lowest BCUT2D eigenvalue weighted by Gasteiger charge is -2.27. The average molecular weight is 377 g/mol. The number of fused-ring (bicyclic) bond motifs is 2. The largest absolute Gasteiger partial charge is 0.325 e. The second-order valence-corrected chi connectivity index (χ2v) is 10.1. The minimum absolute atomic E-state index is 0.0520. The number of carbonyl (C=O) groups is 1. The third-order valence-electron chi connectivity index (χ3n) is 6.43. The van der Waals surface area contributed by atoms with Crippen LogP contribution in [0.5, 0.6) is 0 Å². The topological polar surface area (TPSA) is 66.5 Å². The lowest BCUT2D eigenvalue weighted by atomic mass is 9.86. The number of carbonyl (C=O) groups excluding carboxylic acids is 1. The van der Waals surface area contributed by atoms with Gasteiger partial charge in [-0.25, -0.2) is 8.42 Å². The fraction of sp³-hybridized carbons (Fsp3) is 0.650. The van der Waals surface area contributed by atoms with Gasteiger partial charge in [-0.15, -0.1) is 0 Å². The van der Waals surface area contributed by atoms with E-state index in [0.29, 0.717) is 37.0 Å². The maximum atomic E-state index is 13.0. The monoisotopic (exact) mass is 376 g/mol. The molecule has 0 radical (unpaired) electrons. The molecular formula is C20H28N2O3S. The van der Waals surface area contributed by atoms with E-state index in [1.165, 1.54) is 19.3 Å². The van der Waals surface area contributed by atoms with E-state index in [1.54, 1.807) is 28.6 Å². The number of piperidine rings is 1. The molecule has 2 bridgehead atoms. The van der Waals surface area contributed by atoms with Crippen LogP contribution in [0.25, 0.3) is 0 Å². The molecule has 1 amide bonds. The summed E-state index contributed by atoms with van der Waals surface area (Å²) in [6.45, 7) is 1.13. The number of amides is 1. The van der Waals surface area contributed by atoms with E-state index in [1.807, 2.05) is 0 Å². The van der Waals surface area contributed by atoms with E-state index < -0.39 is 10.0 Å². The molecule has 6 heteroatoms. The average Bonchev–Trinajstić information content (AvgIpc) is 3.26. The molecule has 26 heavy (non-hydrogen) atoms. The normalized spacial score (nSPS) is 29.0. The van der Waals surface area contributed by atoms with Crippen molar-refractivity contribution in [3.05, 3.63) is 24.3 Å². The molecule has 142 valence electrons. The van der Waals surface area contributed by atoms with E-state index in [4.69, 9.17) is 0 Å². The van der Waals surface area contributed by atoms with Crippen LogP contribution in [0.1, 0.15) is 51.4 Å². The summed E-state index contributed by atoms with van der Waals surface area (Å²) in [5.41, 5.74) is 0.422. The van der Waals surface area contributed by atoms with Crippen molar-refractivity contribution in [1.29, 1.82) is 0 Å². The molecule has 1 aromatic carbocycles. The van der Waals surface area contributed by atoms with Gasteiger partial charge in [0.2, 0.25) is 15.9 Å². The van der Waals surface area contributed by atoms with Crippen LogP contribution in [0.2, 0.25) is 0 Å². The lowest BCUT2D eigenvalue weighted by molar-refractivity contribution is -0.117. The molecule has 1 aromatic rings. The number of sulfonamides is 1. The van der Waals surface area contributed by atoms with Gasteiger partial charge in [-0.3, -0.25) is 4.79 Å². The molecule has 2 aliphatic carbocycles. The highest BCUT2D eigenvalue weighted by molar-refractivity contribution is 7.89. The summed E-state index contributed by atoms with van der Waals surface area (Å²) in [6, 6.07) is 6.82. The standard InChI is InChI=1S/C20H28N2O3S/c23-20(14-17-13-15-8-9-16(17)12-15)21-18-6-2-3-7-19(18)26(24,25)22-10-4-1-5-11-22/h2-3,6-7,15-17H,1,4-5,8-14H2,(H,21,23). The highest BCUT2D eigenvalue weighted by Crippen LogP contribution is 2.49. The Labute approximate surface area is 156 Å². The Morgan fingerprint density at radius 2 is 1.85 bits per heavy atom. The van der Waals surface area contributed by atoms with E-state index in [-0.39, 0.29) is 10.8 Å². The molecule has 3 fully saturated rings. The van der Waals surface area contributed by atoms with Crippen molar-refractivity contribution in [1.82, 2.24) is 4.31 Å². The quantitative estimate of drug-likeness (QED) is 0.853. The Kier molecular flexibility index (Phi) is 5.06. The Morgan fingerprint density at radius 3 is 2.54 bits per heavy atom. The van der Waals surface area contributed by atoms with Gasteiger partial charge in [0.1, 0.15) is 4.90 Å². The predicted molar refractivity (Wildman–Crippen MR) is 101 cm³/mol. The van der Waals surface area contributed by atoms with Gasteiger partial charge in [0, 0.05) is 19.5 Å². The van der Waals surface area contributed by atoms with E-state index >= 15 is 0 Å². The molecule has 1 aliphatic heterocycles. The predicted octanol–water partition coefficient (Wildman–Crippen LogP) is 3.63. The van der Waals surface area contributed by atoms with E-state index in [2.05, 4.69) is 5.32 Å². The number of hydrogen-bond acceptors (Lipinski definition) is 3. The number of rotatable bonds is 5. The zero-order chi connectivity index (χ0) is 18.1. The maximum Gasteiger partial charge on any atom is 0.245 e. The molecule has 1 heterocycles. The van der Waals surface area contributed by atoms with Crippen molar-refractivity contribution >= 4 is 21.6 Å². The van der Waals surface area contributed by atoms with Crippen molar-refractivity contribution in [3.63, 3.8) is 0 Å². The molecule has 4 rings (SSSR count). The molecule has 0 aromatic heterocycles. The zero-order valence-electron chi connectivity index (χ0n) is 15.2. The van der Waals surface area contributed by atoms with Gasteiger partial charge < -0.3 is 5.32 Å². The Bertz CT molecular complexity index is 771. The first kappa shape index (κ1) is 18.0. The van der Waals surface area contributed by atoms with Crippen LogP contribution >= 0.6 is 0 Å². The Hall–Kier alpha value is -1.40. The van der Waals surface area contributed by atoms with Gasteiger partial charge in [0.25, 0.3) is 0 Å².